The van der Waals surface area contributed by atoms with E-state index in [1.54, 1.807) is 0 Å². The monoisotopic (exact) mass is 273 g/mol. The third-order valence-electron chi connectivity index (χ3n) is 4.84. The van der Waals surface area contributed by atoms with Gasteiger partial charge in [-0.1, -0.05) is 62.8 Å². The molecule has 1 unspecified atom stereocenters. The molecule has 20 heavy (non-hydrogen) atoms. The number of rotatable bonds is 6. The summed E-state index contributed by atoms with van der Waals surface area (Å²) in [7, 11) is 0. The van der Waals surface area contributed by atoms with Crippen molar-refractivity contribution in [3.05, 3.63) is 34.9 Å². The third kappa shape index (κ3) is 4.34. The fourth-order valence-electron chi connectivity index (χ4n) is 3.71. The first kappa shape index (κ1) is 15.6. The Kier molecular flexibility index (Phi) is 6.09. The molecular formula is C19H31N. The van der Waals surface area contributed by atoms with Crippen molar-refractivity contribution >= 4 is 0 Å². The van der Waals surface area contributed by atoms with Gasteiger partial charge in [-0.15, -0.1) is 0 Å². The number of hydrogen-bond donors (Lipinski definition) is 1. The highest BCUT2D eigenvalue weighted by atomic mass is 14.9. The van der Waals surface area contributed by atoms with E-state index in [4.69, 9.17) is 0 Å². The summed E-state index contributed by atoms with van der Waals surface area (Å²) < 4.78 is 0. The quantitative estimate of drug-likeness (QED) is 0.740. The van der Waals surface area contributed by atoms with Crippen LogP contribution in [0.3, 0.4) is 0 Å². The molecule has 0 radical (unpaired) electrons. The maximum absolute atomic E-state index is 3.70. The lowest BCUT2D eigenvalue weighted by atomic mass is 9.84. The average Bonchev–Trinajstić information content (AvgIpc) is 2.45. The van der Waals surface area contributed by atoms with Gasteiger partial charge in [0, 0.05) is 6.04 Å². The molecule has 1 saturated carbocycles. The first-order valence-electron chi connectivity index (χ1n) is 8.51. The molecule has 0 amide bonds. The standard InChI is InChI=1S/C19H31N/c1-4-20-19(13-11-17-8-6-5-7-9-17)18-12-10-15(2)14-16(18)3/h10,12,14,17,19-20H,4-9,11,13H2,1-3H3. The van der Waals surface area contributed by atoms with E-state index in [2.05, 4.69) is 44.3 Å². The van der Waals surface area contributed by atoms with Crippen LogP contribution in [0.5, 0.6) is 0 Å². The van der Waals surface area contributed by atoms with Gasteiger partial charge in [0.2, 0.25) is 0 Å². The van der Waals surface area contributed by atoms with Crippen molar-refractivity contribution < 1.29 is 0 Å². The summed E-state index contributed by atoms with van der Waals surface area (Å²) in [5, 5.41) is 3.70. The van der Waals surface area contributed by atoms with Crippen LogP contribution in [0, 0.1) is 19.8 Å². The maximum atomic E-state index is 3.70. The molecule has 1 N–H and O–H groups in total. The van der Waals surface area contributed by atoms with E-state index < -0.39 is 0 Å². The molecule has 0 heterocycles. The molecule has 2 rings (SSSR count). The van der Waals surface area contributed by atoms with Crippen LogP contribution in [0.15, 0.2) is 18.2 Å². The van der Waals surface area contributed by atoms with Gasteiger partial charge >= 0.3 is 0 Å². The summed E-state index contributed by atoms with van der Waals surface area (Å²) in [6, 6.07) is 7.45. The highest BCUT2D eigenvalue weighted by Gasteiger charge is 2.18. The summed E-state index contributed by atoms with van der Waals surface area (Å²) in [4.78, 5) is 0. The van der Waals surface area contributed by atoms with Crippen molar-refractivity contribution in [2.24, 2.45) is 5.92 Å². The zero-order chi connectivity index (χ0) is 14.4. The molecule has 0 saturated heterocycles. The predicted molar refractivity (Wildman–Crippen MR) is 88.1 cm³/mol. The maximum Gasteiger partial charge on any atom is 0.0322 e. The lowest BCUT2D eigenvalue weighted by molar-refractivity contribution is 0.315. The molecule has 1 nitrogen and oxygen atoms in total. The SMILES string of the molecule is CCNC(CCC1CCCCC1)c1ccc(C)cc1C. The number of aryl methyl sites for hydroxylation is 2. The van der Waals surface area contributed by atoms with E-state index in [0.717, 1.165) is 12.5 Å². The second-order valence-corrected chi connectivity index (χ2v) is 6.55. The van der Waals surface area contributed by atoms with Gasteiger partial charge in [-0.3, -0.25) is 0 Å². The second-order valence-electron chi connectivity index (χ2n) is 6.55. The Labute approximate surface area is 125 Å². The van der Waals surface area contributed by atoms with Crippen LogP contribution >= 0.6 is 0 Å². The van der Waals surface area contributed by atoms with E-state index in [9.17, 15) is 0 Å². The Hall–Kier alpha value is -0.820. The normalized spacial score (nSPS) is 18.1. The summed E-state index contributed by atoms with van der Waals surface area (Å²) in [6.07, 6.45) is 10.00. The molecule has 1 atom stereocenters. The Morgan fingerprint density at radius 1 is 1.15 bits per heavy atom. The van der Waals surface area contributed by atoms with Crippen molar-refractivity contribution in [1.82, 2.24) is 5.32 Å². The number of benzene rings is 1. The summed E-state index contributed by atoms with van der Waals surface area (Å²) in [5.74, 6) is 0.982. The molecule has 0 spiro atoms. The van der Waals surface area contributed by atoms with Crippen LogP contribution in [0.4, 0.5) is 0 Å². The van der Waals surface area contributed by atoms with Gasteiger partial charge in [0.15, 0.2) is 0 Å². The van der Waals surface area contributed by atoms with Crippen LogP contribution in [0.2, 0.25) is 0 Å². The molecule has 0 aromatic heterocycles. The van der Waals surface area contributed by atoms with E-state index >= 15 is 0 Å². The van der Waals surface area contributed by atoms with Gasteiger partial charge < -0.3 is 5.32 Å². The van der Waals surface area contributed by atoms with Crippen LogP contribution < -0.4 is 5.32 Å². The molecule has 1 aromatic carbocycles. The van der Waals surface area contributed by atoms with E-state index in [1.807, 2.05) is 0 Å². The van der Waals surface area contributed by atoms with Crippen molar-refractivity contribution in [2.75, 3.05) is 6.54 Å². The average molecular weight is 273 g/mol. The van der Waals surface area contributed by atoms with Gasteiger partial charge in [-0.05, 0) is 50.3 Å². The highest BCUT2D eigenvalue weighted by molar-refractivity contribution is 5.32. The summed E-state index contributed by atoms with van der Waals surface area (Å²) in [5.41, 5.74) is 4.32. The first-order valence-corrected chi connectivity index (χ1v) is 8.51. The molecule has 1 aromatic rings. The zero-order valence-corrected chi connectivity index (χ0v) is 13.5. The van der Waals surface area contributed by atoms with Crippen molar-refractivity contribution in [2.45, 2.75) is 71.8 Å². The third-order valence-corrected chi connectivity index (χ3v) is 4.84. The Bertz CT molecular complexity index is 404. The van der Waals surface area contributed by atoms with Gasteiger partial charge in [-0.2, -0.15) is 0 Å². The first-order chi connectivity index (χ1) is 9.70. The highest BCUT2D eigenvalue weighted by Crippen LogP contribution is 2.31. The van der Waals surface area contributed by atoms with Crippen molar-refractivity contribution in [1.29, 1.82) is 0 Å². The molecule has 1 heteroatoms. The topological polar surface area (TPSA) is 12.0 Å². The molecular weight excluding hydrogens is 242 g/mol. The fourth-order valence-corrected chi connectivity index (χ4v) is 3.71. The van der Waals surface area contributed by atoms with Crippen LogP contribution in [0.25, 0.3) is 0 Å². The lowest BCUT2D eigenvalue weighted by Gasteiger charge is -2.26. The van der Waals surface area contributed by atoms with E-state index in [1.165, 1.54) is 61.6 Å². The van der Waals surface area contributed by atoms with E-state index in [-0.39, 0.29) is 0 Å². The Morgan fingerprint density at radius 2 is 1.90 bits per heavy atom. The molecule has 1 fully saturated rings. The Balaban J connectivity index is 1.98. The van der Waals surface area contributed by atoms with Crippen molar-refractivity contribution in [3.8, 4) is 0 Å². The number of nitrogens with one attached hydrogen (secondary N) is 1. The van der Waals surface area contributed by atoms with Gasteiger partial charge in [0.05, 0.1) is 0 Å². The minimum absolute atomic E-state index is 0.544. The van der Waals surface area contributed by atoms with Crippen LogP contribution in [-0.2, 0) is 0 Å². The second kappa shape index (κ2) is 7.83. The van der Waals surface area contributed by atoms with Gasteiger partial charge in [0.25, 0.3) is 0 Å². The summed E-state index contributed by atoms with van der Waals surface area (Å²) in [6.45, 7) is 7.72. The molecule has 112 valence electrons. The Morgan fingerprint density at radius 3 is 2.55 bits per heavy atom. The summed E-state index contributed by atoms with van der Waals surface area (Å²) >= 11 is 0. The van der Waals surface area contributed by atoms with Gasteiger partial charge in [-0.25, -0.2) is 0 Å². The van der Waals surface area contributed by atoms with E-state index in [0.29, 0.717) is 6.04 Å². The van der Waals surface area contributed by atoms with Crippen molar-refractivity contribution in [3.63, 3.8) is 0 Å². The number of hydrogen-bond acceptors (Lipinski definition) is 1. The molecule has 0 aliphatic heterocycles. The van der Waals surface area contributed by atoms with Crippen LogP contribution in [-0.4, -0.2) is 6.54 Å². The smallest absolute Gasteiger partial charge is 0.0322 e. The molecule has 1 aliphatic carbocycles. The lowest BCUT2D eigenvalue weighted by Crippen LogP contribution is -2.23. The largest absolute Gasteiger partial charge is 0.310 e. The zero-order valence-electron chi connectivity index (χ0n) is 13.5. The predicted octanol–water partition coefficient (Wildman–Crippen LogP) is 5.31. The minimum Gasteiger partial charge on any atom is -0.310 e. The van der Waals surface area contributed by atoms with Gasteiger partial charge in [0.1, 0.15) is 0 Å². The molecule has 1 aliphatic rings. The molecule has 0 bridgehead atoms. The fraction of sp³-hybridized carbons (Fsp3) is 0.684. The minimum atomic E-state index is 0.544. The van der Waals surface area contributed by atoms with Crippen LogP contribution in [0.1, 0.15) is 74.6 Å².